The van der Waals surface area contributed by atoms with Crippen LogP contribution in [0.1, 0.15) is 23.0 Å². The van der Waals surface area contributed by atoms with Crippen molar-refractivity contribution in [2.24, 2.45) is 0 Å². The molecule has 0 aliphatic carbocycles. The highest BCUT2D eigenvalue weighted by Gasteiger charge is 2.11. The first-order valence-electron chi connectivity index (χ1n) is 6.30. The average Bonchev–Trinajstić information content (AvgIpc) is 2.47. The van der Waals surface area contributed by atoms with E-state index in [2.05, 4.69) is 14.7 Å². The van der Waals surface area contributed by atoms with E-state index in [9.17, 15) is 4.79 Å². The van der Waals surface area contributed by atoms with Crippen LogP contribution in [0.5, 0.6) is 5.75 Å². The number of aryl methyl sites for hydroxylation is 1. The number of hydrogen-bond donors (Lipinski definition) is 0. The van der Waals surface area contributed by atoms with E-state index >= 15 is 0 Å². The van der Waals surface area contributed by atoms with Gasteiger partial charge in [-0.2, -0.15) is 0 Å². The van der Waals surface area contributed by atoms with E-state index in [4.69, 9.17) is 4.74 Å². The van der Waals surface area contributed by atoms with Crippen LogP contribution in [0.3, 0.4) is 0 Å². The molecule has 2 aromatic rings. The number of methoxy groups -OCH3 is 1. The Hall–Kier alpha value is -2.43. The van der Waals surface area contributed by atoms with E-state index in [1.807, 2.05) is 32.0 Å². The van der Waals surface area contributed by atoms with Gasteiger partial charge in [0, 0.05) is 5.56 Å². The van der Waals surface area contributed by atoms with Crippen molar-refractivity contribution in [3.63, 3.8) is 0 Å². The summed E-state index contributed by atoms with van der Waals surface area (Å²) in [6, 6.07) is 5.72. The molecule has 104 valence electrons. The topological polar surface area (TPSA) is 61.3 Å². The zero-order chi connectivity index (χ0) is 14.5. The summed E-state index contributed by atoms with van der Waals surface area (Å²) in [5.74, 6) is 0.314. The van der Waals surface area contributed by atoms with Gasteiger partial charge in [0.15, 0.2) is 5.69 Å². The van der Waals surface area contributed by atoms with E-state index in [0.717, 1.165) is 16.9 Å². The average molecular weight is 272 g/mol. The van der Waals surface area contributed by atoms with Crippen molar-refractivity contribution in [1.29, 1.82) is 0 Å². The van der Waals surface area contributed by atoms with Gasteiger partial charge in [-0.05, 0) is 37.6 Å². The third-order valence-electron chi connectivity index (χ3n) is 2.81. The first-order chi connectivity index (χ1) is 9.65. The molecule has 1 aromatic heterocycles. The lowest BCUT2D eigenvalue weighted by atomic mass is 10.1. The van der Waals surface area contributed by atoms with Gasteiger partial charge in [-0.25, -0.2) is 9.78 Å². The number of nitrogens with zero attached hydrogens (tertiary/aromatic N) is 2. The number of ether oxygens (including phenoxy) is 2. The molecule has 1 heterocycles. The van der Waals surface area contributed by atoms with Gasteiger partial charge in [0.25, 0.3) is 0 Å². The van der Waals surface area contributed by atoms with Crippen molar-refractivity contribution in [2.45, 2.75) is 13.8 Å². The van der Waals surface area contributed by atoms with Gasteiger partial charge in [0.1, 0.15) is 5.75 Å². The van der Waals surface area contributed by atoms with Crippen LogP contribution in [0.4, 0.5) is 0 Å². The maximum Gasteiger partial charge on any atom is 0.358 e. The molecule has 0 bridgehead atoms. The monoisotopic (exact) mass is 272 g/mol. The van der Waals surface area contributed by atoms with Gasteiger partial charge < -0.3 is 9.47 Å². The largest absolute Gasteiger partial charge is 0.494 e. The summed E-state index contributed by atoms with van der Waals surface area (Å²) in [6.07, 6.45) is 3.01. The third-order valence-corrected chi connectivity index (χ3v) is 2.81. The highest BCUT2D eigenvalue weighted by Crippen LogP contribution is 2.25. The van der Waals surface area contributed by atoms with Crippen LogP contribution in [-0.2, 0) is 4.74 Å². The Morgan fingerprint density at radius 1 is 1.30 bits per heavy atom. The summed E-state index contributed by atoms with van der Waals surface area (Å²) >= 11 is 0. The quantitative estimate of drug-likeness (QED) is 0.801. The van der Waals surface area contributed by atoms with Gasteiger partial charge in [-0.1, -0.05) is 0 Å². The van der Waals surface area contributed by atoms with Gasteiger partial charge >= 0.3 is 5.97 Å². The van der Waals surface area contributed by atoms with Crippen molar-refractivity contribution in [1.82, 2.24) is 9.97 Å². The van der Waals surface area contributed by atoms with Crippen LogP contribution in [0.15, 0.2) is 30.6 Å². The van der Waals surface area contributed by atoms with Crippen LogP contribution in [0.25, 0.3) is 11.3 Å². The first-order valence-corrected chi connectivity index (χ1v) is 6.30. The summed E-state index contributed by atoms with van der Waals surface area (Å²) < 4.78 is 10.1. The second-order valence-electron chi connectivity index (χ2n) is 4.19. The molecule has 0 radical (unpaired) electrons. The second kappa shape index (κ2) is 6.14. The minimum atomic E-state index is -0.497. The van der Waals surface area contributed by atoms with Crippen LogP contribution in [0, 0.1) is 6.92 Å². The summed E-state index contributed by atoms with van der Waals surface area (Å²) in [4.78, 5) is 19.8. The molecule has 20 heavy (non-hydrogen) atoms. The minimum absolute atomic E-state index is 0.193. The normalized spacial score (nSPS) is 10.2. The van der Waals surface area contributed by atoms with Gasteiger partial charge in [0.2, 0.25) is 0 Å². The predicted octanol–water partition coefficient (Wildman–Crippen LogP) is 2.64. The minimum Gasteiger partial charge on any atom is -0.494 e. The number of esters is 1. The molecule has 0 amide bonds. The molecule has 2 rings (SSSR count). The van der Waals surface area contributed by atoms with Crippen LogP contribution >= 0.6 is 0 Å². The molecule has 0 unspecified atom stereocenters. The van der Waals surface area contributed by atoms with Crippen molar-refractivity contribution in [2.75, 3.05) is 13.7 Å². The van der Waals surface area contributed by atoms with Crippen molar-refractivity contribution in [3.05, 3.63) is 41.9 Å². The molecule has 0 atom stereocenters. The lowest BCUT2D eigenvalue weighted by molar-refractivity contribution is 0.0593. The Balaban J connectivity index is 2.38. The maximum absolute atomic E-state index is 11.5. The van der Waals surface area contributed by atoms with Crippen LogP contribution < -0.4 is 4.74 Å². The van der Waals surface area contributed by atoms with Gasteiger partial charge in [-0.15, -0.1) is 0 Å². The Labute approximate surface area is 117 Å². The molecule has 0 saturated carbocycles. The molecule has 0 spiro atoms. The number of rotatable bonds is 4. The van der Waals surface area contributed by atoms with Crippen molar-refractivity contribution >= 4 is 5.97 Å². The highest BCUT2D eigenvalue weighted by atomic mass is 16.5. The summed E-state index contributed by atoms with van der Waals surface area (Å²) in [5, 5.41) is 0. The molecule has 0 aliphatic rings. The molecule has 0 aliphatic heterocycles. The van der Waals surface area contributed by atoms with Crippen molar-refractivity contribution in [3.8, 4) is 17.0 Å². The fourth-order valence-corrected chi connectivity index (χ4v) is 1.88. The van der Waals surface area contributed by atoms with Crippen LogP contribution in [-0.4, -0.2) is 29.7 Å². The Morgan fingerprint density at radius 2 is 2.10 bits per heavy atom. The van der Waals surface area contributed by atoms with Crippen molar-refractivity contribution < 1.29 is 14.3 Å². The molecule has 0 saturated heterocycles. The lowest BCUT2D eigenvalue weighted by Gasteiger charge is -2.09. The van der Waals surface area contributed by atoms with Crippen LogP contribution in [0.2, 0.25) is 0 Å². The molecular weight excluding hydrogens is 256 g/mol. The number of carbonyl (C=O) groups is 1. The van der Waals surface area contributed by atoms with E-state index in [0.29, 0.717) is 12.3 Å². The van der Waals surface area contributed by atoms with Gasteiger partial charge in [0.05, 0.1) is 31.8 Å². The predicted molar refractivity (Wildman–Crippen MR) is 74.7 cm³/mol. The Morgan fingerprint density at radius 3 is 2.75 bits per heavy atom. The number of hydrogen-bond acceptors (Lipinski definition) is 5. The van der Waals surface area contributed by atoms with E-state index in [1.54, 1.807) is 6.20 Å². The summed E-state index contributed by atoms with van der Waals surface area (Å²) in [5.41, 5.74) is 2.74. The fraction of sp³-hybridized carbons (Fsp3) is 0.267. The molecule has 0 fully saturated rings. The Kier molecular flexibility index (Phi) is 4.30. The molecular formula is C15H16N2O3. The number of carbonyl (C=O) groups excluding carboxylic acids is 1. The molecule has 5 nitrogen and oxygen atoms in total. The standard InChI is InChI=1S/C15H16N2O3/c1-4-20-11-5-6-12(10(2)7-11)13-8-16-9-14(17-13)15(18)19-3/h5-9H,4H2,1-3H3. The summed E-state index contributed by atoms with van der Waals surface area (Å²) in [6.45, 7) is 4.52. The highest BCUT2D eigenvalue weighted by molar-refractivity contribution is 5.87. The summed E-state index contributed by atoms with van der Waals surface area (Å²) in [7, 11) is 1.32. The molecule has 5 heteroatoms. The third kappa shape index (κ3) is 2.93. The van der Waals surface area contributed by atoms with E-state index in [-0.39, 0.29) is 5.69 Å². The Bertz CT molecular complexity index is 626. The maximum atomic E-state index is 11.5. The lowest BCUT2D eigenvalue weighted by Crippen LogP contribution is -2.05. The zero-order valence-electron chi connectivity index (χ0n) is 11.7. The van der Waals surface area contributed by atoms with E-state index < -0.39 is 5.97 Å². The molecule has 1 aromatic carbocycles. The number of benzene rings is 1. The number of aromatic nitrogens is 2. The van der Waals surface area contributed by atoms with Gasteiger partial charge in [-0.3, -0.25) is 4.98 Å². The zero-order valence-corrected chi connectivity index (χ0v) is 11.7. The SMILES string of the molecule is CCOc1ccc(-c2cncc(C(=O)OC)n2)c(C)c1. The second-order valence-corrected chi connectivity index (χ2v) is 4.19. The molecule has 0 N–H and O–H groups in total. The smallest absolute Gasteiger partial charge is 0.358 e. The first kappa shape index (κ1) is 14.0. The van der Waals surface area contributed by atoms with E-state index in [1.165, 1.54) is 13.3 Å². The fourth-order valence-electron chi connectivity index (χ4n) is 1.88.